The molecule has 0 amide bonds. The van der Waals surface area contributed by atoms with E-state index in [1.165, 1.54) is 37.0 Å². The van der Waals surface area contributed by atoms with Crippen LogP contribution in [-0.2, 0) is 0 Å². The molecule has 20 heavy (non-hydrogen) atoms. The summed E-state index contributed by atoms with van der Waals surface area (Å²) in [6, 6.07) is 8.30. The van der Waals surface area contributed by atoms with Crippen molar-refractivity contribution in [2.45, 2.75) is 12.8 Å². The van der Waals surface area contributed by atoms with Crippen molar-refractivity contribution in [3.63, 3.8) is 0 Å². The summed E-state index contributed by atoms with van der Waals surface area (Å²) in [4.78, 5) is 6.85. The van der Waals surface area contributed by atoms with Gasteiger partial charge < -0.3 is 10.2 Å². The lowest BCUT2D eigenvalue weighted by Crippen LogP contribution is -2.35. The van der Waals surface area contributed by atoms with E-state index in [2.05, 4.69) is 56.4 Å². The fraction of sp³-hybridized carbons (Fsp3) is 0.438. The van der Waals surface area contributed by atoms with Crippen molar-refractivity contribution in [3.8, 4) is 0 Å². The van der Waals surface area contributed by atoms with Crippen LogP contribution in [0.3, 0.4) is 0 Å². The monoisotopic (exact) mass is 333 g/mol. The molecule has 3 rings (SSSR count). The summed E-state index contributed by atoms with van der Waals surface area (Å²) in [7, 11) is 2.21. The van der Waals surface area contributed by atoms with E-state index in [0.29, 0.717) is 0 Å². The number of hydrogen-bond donors (Lipinski definition) is 1. The highest BCUT2D eigenvalue weighted by Gasteiger charge is 2.17. The van der Waals surface area contributed by atoms with Gasteiger partial charge in [0, 0.05) is 34.8 Å². The SMILES string of the molecule is CN1CCCC(CNc2ccnc3ccc(Br)cc23)C1. The van der Waals surface area contributed by atoms with Crippen LogP contribution in [0, 0.1) is 5.92 Å². The fourth-order valence-corrected chi connectivity index (χ4v) is 3.33. The van der Waals surface area contributed by atoms with E-state index in [-0.39, 0.29) is 0 Å². The Bertz CT molecular complexity index is 599. The van der Waals surface area contributed by atoms with Crippen LogP contribution in [0.15, 0.2) is 34.9 Å². The third-order valence-corrected chi connectivity index (χ3v) is 4.50. The molecular formula is C16H20BrN3. The number of pyridine rings is 1. The first kappa shape index (κ1) is 13.8. The quantitative estimate of drug-likeness (QED) is 0.927. The van der Waals surface area contributed by atoms with Gasteiger partial charge in [-0.05, 0) is 56.6 Å². The Morgan fingerprint density at radius 3 is 3.15 bits per heavy atom. The highest BCUT2D eigenvalue weighted by Crippen LogP contribution is 2.26. The normalized spacial score (nSPS) is 20.2. The zero-order valence-corrected chi connectivity index (χ0v) is 13.4. The Labute approximate surface area is 128 Å². The molecule has 106 valence electrons. The van der Waals surface area contributed by atoms with E-state index in [9.17, 15) is 0 Å². The molecule has 1 atom stereocenters. The van der Waals surface area contributed by atoms with Gasteiger partial charge in [-0.15, -0.1) is 0 Å². The summed E-state index contributed by atoms with van der Waals surface area (Å²) in [5, 5.41) is 4.80. The number of halogens is 1. The highest BCUT2D eigenvalue weighted by atomic mass is 79.9. The maximum atomic E-state index is 4.42. The third-order valence-electron chi connectivity index (χ3n) is 4.01. The Hall–Kier alpha value is -1.13. The first-order valence-electron chi connectivity index (χ1n) is 7.19. The van der Waals surface area contributed by atoms with E-state index >= 15 is 0 Å². The first-order chi connectivity index (χ1) is 9.72. The molecular weight excluding hydrogens is 314 g/mol. The predicted octanol–water partition coefficient (Wildman–Crippen LogP) is 3.75. The second-order valence-electron chi connectivity index (χ2n) is 5.67. The summed E-state index contributed by atoms with van der Waals surface area (Å²) in [6.45, 7) is 3.47. The second kappa shape index (κ2) is 6.10. The minimum atomic E-state index is 0.740. The molecule has 0 bridgehead atoms. The number of nitrogens with one attached hydrogen (secondary N) is 1. The molecule has 1 fully saturated rings. The molecule has 1 aliphatic rings. The van der Waals surface area contributed by atoms with Crippen molar-refractivity contribution in [1.29, 1.82) is 0 Å². The largest absolute Gasteiger partial charge is 0.384 e. The Balaban J connectivity index is 1.75. The molecule has 0 saturated carbocycles. The number of aromatic nitrogens is 1. The molecule has 1 unspecified atom stereocenters. The molecule has 0 spiro atoms. The van der Waals surface area contributed by atoms with E-state index < -0.39 is 0 Å². The smallest absolute Gasteiger partial charge is 0.0723 e. The number of hydrogen-bond acceptors (Lipinski definition) is 3. The van der Waals surface area contributed by atoms with Gasteiger partial charge in [0.05, 0.1) is 5.52 Å². The minimum absolute atomic E-state index is 0.740. The molecule has 2 heterocycles. The maximum Gasteiger partial charge on any atom is 0.0723 e. The summed E-state index contributed by atoms with van der Waals surface area (Å²) < 4.78 is 1.10. The van der Waals surface area contributed by atoms with E-state index in [4.69, 9.17) is 0 Å². The molecule has 2 aromatic rings. The van der Waals surface area contributed by atoms with Gasteiger partial charge in [-0.1, -0.05) is 15.9 Å². The van der Waals surface area contributed by atoms with Crippen LogP contribution in [0.1, 0.15) is 12.8 Å². The number of nitrogens with zero attached hydrogens (tertiary/aromatic N) is 2. The lowest BCUT2D eigenvalue weighted by molar-refractivity contribution is 0.217. The molecule has 3 nitrogen and oxygen atoms in total. The van der Waals surface area contributed by atoms with E-state index in [1.54, 1.807) is 0 Å². The van der Waals surface area contributed by atoms with Crippen LogP contribution in [0.4, 0.5) is 5.69 Å². The van der Waals surface area contributed by atoms with Crippen molar-refractivity contribution >= 4 is 32.5 Å². The minimum Gasteiger partial charge on any atom is -0.384 e. The van der Waals surface area contributed by atoms with Crippen molar-refractivity contribution in [2.24, 2.45) is 5.92 Å². The van der Waals surface area contributed by atoms with Crippen LogP contribution >= 0.6 is 15.9 Å². The average Bonchev–Trinajstić information content (AvgIpc) is 2.45. The molecule has 1 aliphatic heterocycles. The molecule has 1 aromatic carbocycles. The van der Waals surface area contributed by atoms with Crippen molar-refractivity contribution in [1.82, 2.24) is 9.88 Å². The van der Waals surface area contributed by atoms with Gasteiger partial charge >= 0.3 is 0 Å². The maximum absolute atomic E-state index is 4.42. The third kappa shape index (κ3) is 3.13. The average molecular weight is 334 g/mol. The molecule has 1 aromatic heterocycles. The van der Waals surface area contributed by atoms with Crippen molar-refractivity contribution < 1.29 is 0 Å². The van der Waals surface area contributed by atoms with Gasteiger partial charge in [0.1, 0.15) is 0 Å². The number of likely N-dealkylation sites (tertiary alicyclic amines) is 1. The lowest BCUT2D eigenvalue weighted by atomic mass is 9.98. The highest BCUT2D eigenvalue weighted by molar-refractivity contribution is 9.10. The van der Waals surface area contributed by atoms with Crippen molar-refractivity contribution in [3.05, 3.63) is 34.9 Å². The van der Waals surface area contributed by atoms with Crippen LogP contribution < -0.4 is 5.32 Å². The van der Waals surface area contributed by atoms with Gasteiger partial charge in [0.25, 0.3) is 0 Å². The first-order valence-corrected chi connectivity index (χ1v) is 7.98. The van der Waals surface area contributed by atoms with Crippen LogP contribution in [0.2, 0.25) is 0 Å². The molecule has 4 heteroatoms. The van der Waals surface area contributed by atoms with Gasteiger partial charge in [-0.25, -0.2) is 0 Å². The number of rotatable bonds is 3. The van der Waals surface area contributed by atoms with Crippen molar-refractivity contribution in [2.75, 3.05) is 32.0 Å². The molecule has 0 radical (unpaired) electrons. The van der Waals surface area contributed by atoms with Gasteiger partial charge in [-0.2, -0.15) is 0 Å². The Morgan fingerprint density at radius 1 is 1.40 bits per heavy atom. The predicted molar refractivity (Wildman–Crippen MR) is 88.2 cm³/mol. The summed E-state index contributed by atoms with van der Waals surface area (Å²) in [6.07, 6.45) is 4.51. The second-order valence-corrected chi connectivity index (χ2v) is 6.59. The standard InChI is InChI=1S/C16H20BrN3/c1-20-8-2-3-12(11-20)10-19-16-6-7-18-15-5-4-13(17)9-14(15)16/h4-7,9,12H,2-3,8,10-11H2,1H3,(H,18,19). The topological polar surface area (TPSA) is 28.2 Å². The summed E-state index contributed by atoms with van der Waals surface area (Å²) >= 11 is 3.54. The zero-order valence-electron chi connectivity index (χ0n) is 11.8. The molecule has 0 aliphatic carbocycles. The summed E-state index contributed by atoms with van der Waals surface area (Å²) in [5.41, 5.74) is 2.23. The van der Waals surface area contributed by atoms with Crippen LogP contribution in [0.25, 0.3) is 10.9 Å². The number of anilines is 1. The van der Waals surface area contributed by atoms with Gasteiger partial charge in [0.2, 0.25) is 0 Å². The number of benzene rings is 1. The number of fused-ring (bicyclic) bond motifs is 1. The lowest BCUT2D eigenvalue weighted by Gasteiger charge is -2.30. The summed E-state index contributed by atoms with van der Waals surface area (Å²) in [5.74, 6) is 0.740. The number of piperidine rings is 1. The Morgan fingerprint density at radius 2 is 2.30 bits per heavy atom. The molecule has 1 saturated heterocycles. The van der Waals surface area contributed by atoms with Crippen LogP contribution in [-0.4, -0.2) is 36.6 Å². The zero-order chi connectivity index (χ0) is 13.9. The van der Waals surface area contributed by atoms with Gasteiger partial charge in [0.15, 0.2) is 0 Å². The van der Waals surface area contributed by atoms with Gasteiger partial charge in [-0.3, -0.25) is 4.98 Å². The van der Waals surface area contributed by atoms with Crippen LogP contribution in [0.5, 0.6) is 0 Å². The fourth-order valence-electron chi connectivity index (χ4n) is 2.97. The Kier molecular flexibility index (Phi) is 4.22. The van der Waals surface area contributed by atoms with E-state index in [1.807, 2.05) is 12.3 Å². The molecule has 1 N–H and O–H groups in total. The van der Waals surface area contributed by atoms with E-state index in [0.717, 1.165) is 22.5 Å².